The first-order chi connectivity index (χ1) is 17.9. The van der Waals surface area contributed by atoms with Gasteiger partial charge in [-0.25, -0.2) is 8.42 Å². The lowest BCUT2D eigenvalue weighted by Gasteiger charge is -2.30. The predicted octanol–water partition coefficient (Wildman–Crippen LogP) is 5.43. The Labute approximate surface area is 227 Å². The number of nitrogens with zero attached hydrogens (tertiary/aromatic N) is 1. The van der Waals surface area contributed by atoms with Crippen LogP contribution in [0.3, 0.4) is 0 Å². The summed E-state index contributed by atoms with van der Waals surface area (Å²) in [6.45, 7) is 4.67. The monoisotopic (exact) mass is 571 g/mol. The molecule has 0 unspecified atom stereocenters. The Hall–Kier alpha value is -2.14. The molecule has 0 bridgehead atoms. The second-order valence-corrected chi connectivity index (χ2v) is 12.3. The first-order valence-corrected chi connectivity index (χ1v) is 14.8. The maximum atomic E-state index is 13.8. The zero-order chi connectivity index (χ0) is 27.5. The van der Waals surface area contributed by atoms with Crippen LogP contribution < -0.4 is 10.0 Å². The van der Waals surface area contributed by atoms with E-state index in [0.717, 1.165) is 49.7 Å². The third-order valence-electron chi connectivity index (χ3n) is 7.25. The van der Waals surface area contributed by atoms with Crippen LogP contribution in [-0.2, 0) is 27.8 Å². The van der Waals surface area contributed by atoms with Crippen LogP contribution in [0.25, 0.3) is 0 Å². The fourth-order valence-corrected chi connectivity index (χ4v) is 6.64. The predicted molar refractivity (Wildman–Crippen MR) is 140 cm³/mol. The van der Waals surface area contributed by atoms with E-state index in [1.165, 1.54) is 37.0 Å². The molecule has 2 aromatic rings. The minimum atomic E-state index is -4.97. The Kier molecular flexibility index (Phi) is 9.07. The summed E-state index contributed by atoms with van der Waals surface area (Å²) in [6, 6.07) is 6.80. The number of nitrogens with one attached hydrogen (secondary N) is 2. The molecule has 38 heavy (non-hydrogen) atoms. The molecule has 2 N–H and O–H groups in total. The fourth-order valence-electron chi connectivity index (χ4n) is 5.15. The Morgan fingerprint density at radius 3 is 2.53 bits per heavy atom. The second-order valence-electron chi connectivity index (χ2n) is 10.2. The molecule has 1 aliphatic heterocycles. The Morgan fingerprint density at radius 1 is 1.11 bits per heavy atom. The summed E-state index contributed by atoms with van der Waals surface area (Å²) in [5.41, 5.74) is 3.79. The molecule has 1 aliphatic carbocycles. The standard InChI is InChI=1S/C27H33ClF3N3O3S/c1-18-8-10-21(15-23(18)28)38(36,37)33-25(27(29,30)31)16-26(35)32-24-7-5-6-20-14-19(9-11-22(20)24)17-34-12-3-2-4-13-34/h8-11,14-15,24-25,33H,2-7,12-13,16-17H2,1H3,(H,32,35)/t24-,25+/m1/s1. The fraction of sp³-hybridized carbons (Fsp3) is 0.519. The smallest absolute Gasteiger partial charge is 0.349 e. The molecule has 0 radical (unpaired) electrons. The van der Waals surface area contributed by atoms with Gasteiger partial charge in [-0.15, -0.1) is 0 Å². The van der Waals surface area contributed by atoms with E-state index < -0.39 is 45.5 Å². The van der Waals surface area contributed by atoms with Gasteiger partial charge in [-0.1, -0.05) is 42.3 Å². The summed E-state index contributed by atoms with van der Waals surface area (Å²) in [5, 5.41) is 2.83. The van der Waals surface area contributed by atoms with E-state index in [2.05, 4.69) is 16.3 Å². The van der Waals surface area contributed by atoms with Crippen molar-refractivity contribution in [3.8, 4) is 0 Å². The lowest BCUT2D eigenvalue weighted by Crippen LogP contribution is -2.48. The van der Waals surface area contributed by atoms with Gasteiger partial charge in [0.2, 0.25) is 15.9 Å². The van der Waals surface area contributed by atoms with Crippen molar-refractivity contribution >= 4 is 27.5 Å². The maximum Gasteiger partial charge on any atom is 0.405 e. The minimum absolute atomic E-state index is 0.115. The molecule has 4 rings (SSSR count). The van der Waals surface area contributed by atoms with Gasteiger partial charge in [-0.2, -0.15) is 17.9 Å². The van der Waals surface area contributed by atoms with Crippen molar-refractivity contribution < 1.29 is 26.4 Å². The van der Waals surface area contributed by atoms with Crippen LogP contribution >= 0.6 is 11.6 Å². The summed E-state index contributed by atoms with van der Waals surface area (Å²) in [5.74, 6) is -0.868. The van der Waals surface area contributed by atoms with E-state index in [4.69, 9.17) is 11.6 Å². The highest BCUT2D eigenvalue weighted by Gasteiger charge is 2.44. The normalized spacial score (nSPS) is 19.6. The Morgan fingerprint density at radius 2 is 1.84 bits per heavy atom. The largest absolute Gasteiger partial charge is 0.405 e. The summed E-state index contributed by atoms with van der Waals surface area (Å²) in [4.78, 5) is 14.8. The SMILES string of the molecule is Cc1ccc(S(=O)(=O)N[C@@H](CC(=O)N[C@@H]2CCCc3cc(CN4CCCCC4)ccc32)C(F)(F)F)cc1Cl. The number of hydrogen-bond acceptors (Lipinski definition) is 4. The minimum Gasteiger partial charge on any atom is -0.349 e. The van der Waals surface area contributed by atoms with Crippen LogP contribution in [-0.4, -0.2) is 44.5 Å². The number of aryl methyl sites for hydroxylation is 2. The number of amides is 1. The van der Waals surface area contributed by atoms with Gasteiger partial charge in [0, 0.05) is 11.6 Å². The number of halogens is 4. The van der Waals surface area contributed by atoms with Crippen LogP contribution in [0.4, 0.5) is 13.2 Å². The average molecular weight is 572 g/mol. The molecular formula is C27H33ClF3N3O3S. The Bertz CT molecular complexity index is 1260. The van der Waals surface area contributed by atoms with Crippen molar-refractivity contribution in [3.63, 3.8) is 0 Å². The molecule has 2 atom stereocenters. The van der Waals surface area contributed by atoms with E-state index in [0.29, 0.717) is 12.0 Å². The quantitative estimate of drug-likeness (QED) is 0.443. The van der Waals surface area contributed by atoms with Crippen molar-refractivity contribution in [1.82, 2.24) is 14.9 Å². The topological polar surface area (TPSA) is 78.5 Å². The molecule has 2 aromatic carbocycles. The number of alkyl halides is 3. The molecule has 1 fully saturated rings. The zero-order valence-electron chi connectivity index (χ0n) is 21.3. The van der Waals surface area contributed by atoms with E-state index in [1.807, 2.05) is 12.1 Å². The van der Waals surface area contributed by atoms with Gasteiger partial charge in [-0.3, -0.25) is 9.69 Å². The van der Waals surface area contributed by atoms with Crippen LogP contribution in [0.5, 0.6) is 0 Å². The number of carbonyl (C=O) groups excluding carboxylic acids is 1. The lowest BCUT2D eigenvalue weighted by molar-refractivity contribution is -0.158. The third kappa shape index (κ3) is 7.28. The van der Waals surface area contributed by atoms with E-state index in [1.54, 1.807) is 11.6 Å². The van der Waals surface area contributed by atoms with Crippen LogP contribution in [0.15, 0.2) is 41.3 Å². The number of fused-ring (bicyclic) bond motifs is 1. The van der Waals surface area contributed by atoms with Gasteiger partial charge in [0.25, 0.3) is 0 Å². The van der Waals surface area contributed by atoms with Gasteiger partial charge in [-0.05, 0) is 86.5 Å². The molecule has 0 spiro atoms. The molecule has 6 nitrogen and oxygen atoms in total. The van der Waals surface area contributed by atoms with E-state index >= 15 is 0 Å². The molecule has 1 amide bonds. The number of likely N-dealkylation sites (tertiary alicyclic amines) is 1. The van der Waals surface area contributed by atoms with Gasteiger partial charge in [0.15, 0.2) is 0 Å². The first kappa shape index (κ1) is 28.9. The highest BCUT2D eigenvalue weighted by atomic mass is 35.5. The van der Waals surface area contributed by atoms with Gasteiger partial charge in [0.05, 0.1) is 17.4 Å². The van der Waals surface area contributed by atoms with Crippen molar-refractivity contribution in [1.29, 1.82) is 0 Å². The number of rotatable bonds is 8. The third-order valence-corrected chi connectivity index (χ3v) is 9.12. The molecule has 1 saturated heterocycles. The molecule has 11 heteroatoms. The van der Waals surface area contributed by atoms with Crippen LogP contribution in [0.1, 0.15) is 66.8 Å². The van der Waals surface area contributed by atoms with E-state index in [-0.39, 0.29) is 5.02 Å². The van der Waals surface area contributed by atoms with Crippen LogP contribution in [0, 0.1) is 6.92 Å². The molecule has 0 aromatic heterocycles. The zero-order valence-corrected chi connectivity index (χ0v) is 22.9. The van der Waals surface area contributed by atoms with Crippen molar-refractivity contribution in [2.24, 2.45) is 0 Å². The first-order valence-electron chi connectivity index (χ1n) is 12.9. The lowest BCUT2D eigenvalue weighted by atomic mass is 9.86. The summed E-state index contributed by atoms with van der Waals surface area (Å²) >= 11 is 5.96. The number of piperidine rings is 1. The number of carbonyl (C=O) groups is 1. The molecule has 2 aliphatic rings. The molecule has 1 heterocycles. The number of benzene rings is 2. The molecule has 208 valence electrons. The molecule has 0 saturated carbocycles. The van der Waals surface area contributed by atoms with Gasteiger partial charge < -0.3 is 5.32 Å². The second kappa shape index (κ2) is 11.9. The van der Waals surface area contributed by atoms with Crippen molar-refractivity contribution in [2.45, 2.75) is 81.6 Å². The van der Waals surface area contributed by atoms with Gasteiger partial charge >= 0.3 is 6.18 Å². The van der Waals surface area contributed by atoms with Crippen molar-refractivity contribution in [3.05, 3.63) is 63.7 Å². The number of hydrogen-bond donors (Lipinski definition) is 2. The summed E-state index contributed by atoms with van der Waals surface area (Å²) < 4.78 is 68.3. The average Bonchev–Trinajstić information content (AvgIpc) is 2.85. The van der Waals surface area contributed by atoms with Crippen molar-refractivity contribution in [2.75, 3.05) is 13.1 Å². The number of sulfonamides is 1. The van der Waals surface area contributed by atoms with Crippen LogP contribution in [0.2, 0.25) is 5.02 Å². The van der Waals surface area contributed by atoms with E-state index in [9.17, 15) is 26.4 Å². The Balaban J connectivity index is 1.43. The summed E-state index contributed by atoms with van der Waals surface area (Å²) in [6.07, 6.45) is -0.116. The highest BCUT2D eigenvalue weighted by molar-refractivity contribution is 7.89. The van der Waals surface area contributed by atoms with Gasteiger partial charge in [0.1, 0.15) is 6.04 Å². The highest BCUT2D eigenvalue weighted by Crippen LogP contribution is 2.32. The maximum absolute atomic E-state index is 13.8. The summed E-state index contributed by atoms with van der Waals surface area (Å²) in [7, 11) is -4.56. The molecular weight excluding hydrogens is 539 g/mol.